The fourth-order valence-electron chi connectivity index (χ4n) is 1.61. The van der Waals surface area contributed by atoms with Crippen molar-refractivity contribution in [2.45, 2.75) is 0 Å². The van der Waals surface area contributed by atoms with Crippen LogP contribution in [-0.4, -0.2) is 24.3 Å². The van der Waals surface area contributed by atoms with Gasteiger partial charge in [0.1, 0.15) is 0 Å². The molecule has 2 rings (SSSR count). The standard InChI is InChI=1S/C13H14N2O/c1-15-8-6-10(7-9-15)13(16)11-4-2-3-5-12(11)14/h2-8H,9,14H2,1H3. The number of nitrogens with zero attached hydrogens (tertiary/aromatic N) is 1. The summed E-state index contributed by atoms with van der Waals surface area (Å²) in [4.78, 5) is 14.1. The minimum Gasteiger partial charge on any atom is -0.398 e. The maximum atomic E-state index is 12.1. The molecule has 1 aliphatic rings. The zero-order valence-corrected chi connectivity index (χ0v) is 9.18. The fourth-order valence-corrected chi connectivity index (χ4v) is 1.61. The van der Waals surface area contributed by atoms with Crippen molar-refractivity contribution < 1.29 is 4.79 Å². The van der Waals surface area contributed by atoms with Crippen molar-refractivity contribution in [1.29, 1.82) is 0 Å². The van der Waals surface area contributed by atoms with Gasteiger partial charge in [-0.3, -0.25) is 4.79 Å². The lowest BCUT2D eigenvalue weighted by atomic mass is 10.0. The molecule has 82 valence electrons. The maximum Gasteiger partial charge on any atom is 0.194 e. The van der Waals surface area contributed by atoms with Crippen molar-refractivity contribution in [2.24, 2.45) is 0 Å². The number of allylic oxidation sites excluding steroid dienone is 2. The number of benzene rings is 1. The Labute approximate surface area is 94.9 Å². The van der Waals surface area contributed by atoms with E-state index in [0.29, 0.717) is 16.8 Å². The number of likely N-dealkylation sites (N-methyl/N-ethyl adjacent to an activating group) is 1. The summed E-state index contributed by atoms with van der Waals surface area (Å²) in [6.45, 7) is 0.754. The number of nitrogens with two attached hydrogens (primary N) is 1. The van der Waals surface area contributed by atoms with Gasteiger partial charge in [0.25, 0.3) is 0 Å². The fraction of sp³-hybridized carbons (Fsp3) is 0.154. The summed E-state index contributed by atoms with van der Waals surface area (Å²) in [6.07, 6.45) is 5.62. The van der Waals surface area contributed by atoms with Crippen molar-refractivity contribution >= 4 is 11.5 Å². The van der Waals surface area contributed by atoms with E-state index in [4.69, 9.17) is 5.73 Å². The number of Topliss-reactive ketones (excluding diaryl/α,β-unsaturated/α-hetero) is 1. The second kappa shape index (κ2) is 4.23. The molecule has 0 fully saturated rings. The average molecular weight is 214 g/mol. The van der Waals surface area contributed by atoms with Crippen molar-refractivity contribution in [3.63, 3.8) is 0 Å². The lowest BCUT2D eigenvalue weighted by Crippen LogP contribution is -2.17. The van der Waals surface area contributed by atoms with E-state index in [2.05, 4.69) is 0 Å². The van der Waals surface area contributed by atoms with Crippen LogP contribution in [-0.2, 0) is 0 Å². The summed E-state index contributed by atoms with van der Waals surface area (Å²) in [5, 5.41) is 0. The summed E-state index contributed by atoms with van der Waals surface area (Å²) >= 11 is 0. The number of para-hydroxylation sites is 1. The molecular formula is C13H14N2O. The summed E-state index contributed by atoms with van der Waals surface area (Å²) in [5.74, 6) is -0.0116. The number of hydrogen-bond acceptors (Lipinski definition) is 3. The number of anilines is 1. The molecule has 0 radical (unpaired) electrons. The van der Waals surface area contributed by atoms with Crippen molar-refractivity contribution in [2.75, 3.05) is 19.3 Å². The lowest BCUT2D eigenvalue weighted by Gasteiger charge is -2.16. The minimum atomic E-state index is -0.0116. The van der Waals surface area contributed by atoms with Crippen LogP contribution in [0.15, 0.2) is 48.2 Å². The predicted octanol–water partition coefficient (Wildman–Crippen LogP) is 1.84. The smallest absolute Gasteiger partial charge is 0.194 e. The van der Waals surface area contributed by atoms with Crippen LogP contribution >= 0.6 is 0 Å². The zero-order chi connectivity index (χ0) is 11.5. The van der Waals surface area contributed by atoms with Gasteiger partial charge in [0.05, 0.1) is 0 Å². The van der Waals surface area contributed by atoms with E-state index in [-0.39, 0.29) is 5.78 Å². The van der Waals surface area contributed by atoms with Gasteiger partial charge < -0.3 is 10.6 Å². The molecule has 1 aromatic rings. The Morgan fingerprint density at radius 2 is 2.12 bits per heavy atom. The Morgan fingerprint density at radius 3 is 2.75 bits per heavy atom. The van der Waals surface area contributed by atoms with Gasteiger partial charge in [-0.2, -0.15) is 0 Å². The third-order valence-electron chi connectivity index (χ3n) is 2.58. The number of hydrogen-bond donors (Lipinski definition) is 1. The number of nitrogen functional groups attached to an aromatic ring is 1. The molecule has 1 heterocycles. The molecule has 0 saturated heterocycles. The number of ketones is 1. The van der Waals surface area contributed by atoms with Crippen LogP contribution in [0.1, 0.15) is 10.4 Å². The van der Waals surface area contributed by atoms with Crippen molar-refractivity contribution in [1.82, 2.24) is 4.90 Å². The Hall–Kier alpha value is -2.03. The third kappa shape index (κ3) is 1.98. The zero-order valence-electron chi connectivity index (χ0n) is 9.18. The minimum absolute atomic E-state index is 0.0116. The van der Waals surface area contributed by atoms with E-state index in [1.54, 1.807) is 12.1 Å². The number of rotatable bonds is 2. The molecule has 16 heavy (non-hydrogen) atoms. The topological polar surface area (TPSA) is 46.3 Å². The van der Waals surface area contributed by atoms with Crippen molar-refractivity contribution in [3.05, 3.63) is 53.8 Å². The van der Waals surface area contributed by atoms with Crippen LogP contribution in [0.4, 0.5) is 5.69 Å². The molecule has 0 aromatic heterocycles. The largest absolute Gasteiger partial charge is 0.398 e. The number of carbonyl (C=O) groups excluding carboxylic acids is 1. The van der Waals surface area contributed by atoms with Crippen LogP contribution in [0.3, 0.4) is 0 Å². The normalized spacial score (nSPS) is 14.8. The SMILES string of the molecule is CN1C=CC(C(=O)c2ccccc2N)=CC1. The van der Waals surface area contributed by atoms with Gasteiger partial charge in [-0.05, 0) is 24.4 Å². The van der Waals surface area contributed by atoms with E-state index >= 15 is 0 Å². The lowest BCUT2D eigenvalue weighted by molar-refractivity contribution is 0.103. The molecule has 1 aromatic carbocycles. The van der Waals surface area contributed by atoms with Crippen molar-refractivity contribution in [3.8, 4) is 0 Å². The second-order valence-electron chi connectivity index (χ2n) is 3.83. The molecule has 0 aliphatic carbocycles. The molecule has 0 unspecified atom stereocenters. The quantitative estimate of drug-likeness (QED) is 0.603. The summed E-state index contributed by atoms with van der Waals surface area (Å²) in [7, 11) is 1.96. The van der Waals surface area contributed by atoms with Gasteiger partial charge >= 0.3 is 0 Å². The Balaban J connectivity index is 2.28. The first kappa shape index (κ1) is 10.5. The third-order valence-corrected chi connectivity index (χ3v) is 2.58. The molecule has 0 saturated carbocycles. The van der Waals surface area contributed by atoms with Gasteiger partial charge in [-0.1, -0.05) is 18.2 Å². The first-order valence-corrected chi connectivity index (χ1v) is 5.16. The Morgan fingerprint density at radius 1 is 1.38 bits per heavy atom. The van der Waals surface area contributed by atoms with Crippen LogP contribution in [0.2, 0.25) is 0 Å². The van der Waals surface area contributed by atoms with Gasteiger partial charge in [-0.15, -0.1) is 0 Å². The van der Waals surface area contributed by atoms with Gasteiger partial charge in [0.15, 0.2) is 5.78 Å². The summed E-state index contributed by atoms with van der Waals surface area (Å²) < 4.78 is 0. The Bertz CT molecular complexity index is 475. The first-order valence-electron chi connectivity index (χ1n) is 5.16. The predicted molar refractivity (Wildman–Crippen MR) is 65.0 cm³/mol. The molecule has 3 heteroatoms. The highest BCUT2D eigenvalue weighted by Crippen LogP contribution is 2.18. The van der Waals surface area contributed by atoms with E-state index in [0.717, 1.165) is 6.54 Å². The molecule has 0 bridgehead atoms. The molecule has 1 aliphatic heterocycles. The first-order chi connectivity index (χ1) is 7.68. The molecule has 0 spiro atoms. The maximum absolute atomic E-state index is 12.1. The highest BCUT2D eigenvalue weighted by atomic mass is 16.1. The number of carbonyl (C=O) groups is 1. The van der Waals surface area contributed by atoms with Gasteiger partial charge in [0, 0.05) is 30.4 Å². The highest BCUT2D eigenvalue weighted by Gasteiger charge is 2.14. The second-order valence-corrected chi connectivity index (χ2v) is 3.83. The Kier molecular flexibility index (Phi) is 2.77. The molecule has 0 atom stereocenters. The highest BCUT2D eigenvalue weighted by molar-refractivity contribution is 6.13. The summed E-state index contributed by atoms with van der Waals surface area (Å²) in [5.41, 5.74) is 7.58. The molecule has 3 nitrogen and oxygen atoms in total. The summed E-state index contributed by atoms with van der Waals surface area (Å²) in [6, 6.07) is 7.14. The van der Waals surface area contributed by atoms with Crippen LogP contribution in [0.5, 0.6) is 0 Å². The van der Waals surface area contributed by atoms with Crippen LogP contribution in [0, 0.1) is 0 Å². The molecular weight excluding hydrogens is 200 g/mol. The van der Waals surface area contributed by atoms with Crippen LogP contribution in [0.25, 0.3) is 0 Å². The monoisotopic (exact) mass is 214 g/mol. The van der Waals surface area contributed by atoms with Gasteiger partial charge in [0.2, 0.25) is 0 Å². The molecule has 2 N–H and O–H groups in total. The molecule has 0 amide bonds. The average Bonchev–Trinajstić information content (AvgIpc) is 2.30. The van der Waals surface area contributed by atoms with E-state index in [9.17, 15) is 4.79 Å². The van der Waals surface area contributed by atoms with E-state index < -0.39 is 0 Å². The van der Waals surface area contributed by atoms with Gasteiger partial charge in [-0.25, -0.2) is 0 Å². The van der Waals surface area contributed by atoms with Crippen LogP contribution < -0.4 is 5.73 Å². The van der Waals surface area contributed by atoms with E-state index in [1.807, 2.05) is 42.4 Å². The van der Waals surface area contributed by atoms with E-state index in [1.165, 1.54) is 0 Å².